The van der Waals surface area contributed by atoms with E-state index in [-0.39, 0.29) is 14.5 Å². The molecule has 0 amide bonds. The summed E-state index contributed by atoms with van der Waals surface area (Å²) in [7, 11) is 0. The van der Waals surface area contributed by atoms with Gasteiger partial charge < -0.3 is 0 Å². The summed E-state index contributed by atoms with van der Waals surface area (Å²) in [4.78, 5) is 0. The van der Waals surface area contributed by atoms with Gasteiger partial charge in [-0.1, -0.05) is 6.08 Å². The number of rotatable bonds is 3. The van der Waals surface area contributed by atoms with E-state index in [2.05, 4.69) is 39.4 Å². The molecule has 0 saturated carbocycles. The molecular weight excluding hydrogens is 447 g/mol. The molecule has 0 aromatic carbocycles. The molecule has 60 valence electrons. The fourth-order valence-corrected chi connectivity index (χ4v) is 0.604. The molecule has 9 heavy (non-hydrogen) atoms. The maximum atomic E-state index is 3.58. The molecule has 4 heteroatoms. The third-order valence-corrected chi connectivity index (χ3v) is 1.17. The minimum atomic E-state index is 0.208. The third-order valence-electron chi connectivity index (χ3n) is 0.526. The number of allylic oxidation sites excluding steroid dienone is 1. The Hall–Kier alpha value is 1.74. The van der Waals surface area contributed by atoms with Crippen LogP contribution in [0, 0.1) is 0 Å². The quantitative estimate of drug-likeness (QED) is 0.461. The van der Waals surface area contributed by atoms with Gasteiger partial charge in [0.1, 0.15) is 0 Å². The van der Waals surface area contributed by atoms with Crippen molar-refractivity contribution in [3.05, 3.63) is 12.7 Å². The van der Waals surface area contributed by atoms with E-state index >= 15 is 0 Å². The van der Waals surface area contributed by atoms with Gasteiger partial charge in [0.15, 0.2) is 0 Å². The molecule has 0 fully saturated rings. The van der Waals surface area contributed by atoms with Crippen molar-refractivity contribution in [2.75, 3.05) is 12.0 Å². The Labute approximate surface area is 83.1 Å². The fraction of sp³-hybridized carbons (Fsp3) is 0.600. The summed E-state index contributed by atoms with van der Waals surface area (Å²) in [6.45, 7) is 3.58. The van der Waals surface area contributed by atoms with Gasteiger partial charge in [0.2, 0.25) is 0 Å². The van der Waals surface area contributed by atoms with Crippen LogP contribution in [-0.4, -0.2) is 12.0 Å². The van der Waals surface area contributed by atoms with Gasteiger partial charge >= 0.3 is 41.0 Å². The molecule has 0 N–H and O–H groups in total. The second kappa shape index (κ2) is 16.4. The van der Waals surface area contributed by atoms with Gasteiger partial charge in [-0.2, -0.15) is 11.8 Å². The van der Waals surface area contributed by atoms with Crippen LogP contribution in [-0.2, 0) is 14.5 Å². The van der Waals surface area contributed by atoms with Crippen molar-refractivity contribution in [3.63, 3.8) is 0 Å². The third kappa shape index (κ3) is 26.0. The van der Waals surface area contributed by atoms with Gasteiger partial charge in [0, 0.05) is 0 Å². The summed E-state index contributed by atoms with van der Waals surface area (Å²) in [6, 6.07) is 0. The van der Waals surface area contributed by atoms with Gasteiger partial charge in [0.25, 0.3) is 0 Å². The van der Waals surface area contributed by atoms with E-state index in [9.17, 15) is 0 Å². The fourth-order valence-electron chi connectivity index (χ4n) is 0.201. The van der Waals surface area contributed by atoms with Crippen molar-refractivity contribution in [3.8, 4) is 0 Å². The first-order chi connectivity index (χ1) is 4.33. The molecule has 0 aliphatic carbocycles. The Morgan fingerprint density at radius 1 is 1.67 bits per heavy atom. The molecule has 0 aliphatic heterocycles. The second-order valence-electron chi connectivity index (χ2n) is 1.12. The Bertz CT molecular complexity index is 52.2. The van der Waals surface area contributed by atoms with Crippen LogP contribution in [0.1, 0.15) is 6.42 Å². The van der Waals surface area contributed by atoms with Crippen molar-refractivity contribution in [1.29, 1.82) is 0 Å². The summed E-state index contributed by atoms with van der Waals surface area (Å²) in [5.41, 5.74) is 0. The van der Waals surface area contributed by atoms with Crippen LogP contribution < -0.4 is 0 Å². The standard InChI is InChI=1S/C5H10S.2BrH.Pt/c1-3-4-5-6-2;;;/h3H,1,4-5H2,2H3;2*1H;/q;;;+2/p-2. The number of halogens is 2. The molecule has 0 radical (unpaired) electrons. The van der Waals surface area contributed by atoms with Crippen molar-refractivity contribution in [2.45, 2.75) is 6.42 Å². The normalized spacial score (nSPS) is 7.89. The summed E-state index contributed by atoms with van der Waals surface area (Å²) in [5, 5.41) is 0. The molecule has 0 aromatic heterocycles. The van der Waals surface area contributed by atoms with Crippen LogP contribution in [0.3, 0.4) is 0 Å². The Morgan fingerprint density at radius 3 is 2.22 bits per heavy atom. The molecule has 0 unspecified atom stereocenters. The van der Waals surface area contributed by atoms with Gasteiger partial charge in [-0.15, -0.1) is 6.58 Å². The van der Waals surface area contributed by atoms with E-state index in [0.29, 0.717) is 0 Å². The Kier molecular flexibility index (Phi) is 24.3. The van der Waals surface area contributed by atoms with Gasteiger partial charge in [0.05, 0.1) is 0 Å². The monoisotopic (exact) mass is 455 g/mol. The summed E-state index contributed by atoms with van der Waals surface area (Å²) in [5.74, 6) is 1.21. The molecule has 0 aliphatic rings. The average Bonchev–Trinajstić information content (AvgIpc) is 1.86. The van der Waals surface area contributed by atoms with Crippen LogP contribution >= 0.6 is 38.4 Å². The van der Waals surface area contributed by atoms with E-state index < -0.39 is 0 Å². The minimum absolute atomic E-state index is 0.208. The van der Waals surface area contributed by atoms with Crippen molar-refractivity contribution >= 4 is 38.4 Å². The zero-order valence-corrected chi connectivity index (χ0v) is 11.4. The van der Waals surface area contributed by atoms with E-state index in [1.165, 1.54) is 5.75 Å². The molecule has 0 bridgehead atoms. The van der Waals surface area contributed by atoms with Crippen molar-refractivity contribution in [2.24, 2.45) is 0 Å². The first kappa shape index (κ1) is 13.3. The van der Waals surface area contributed by atoms with Gasteiger partial charge in [-0.3, -0.25) is 0 Å². The summed E-state index contributed by atoms with van der Waals surface area (Å²) >= 11 is 8.41. The summed E-state index contributed by atoms with van der Waals surface area (Å²) < 4.78 is 0. The molecule has 0 nitrogen and oxygen atoms in total. The molecule has 0 saturated heterocycles. The van der Waals surface area contributed by atoms with Crippen molar-refractivity contribution < 1.29 is 14.5 Å². The van der Waals surface area contributed by atoms with E-state index in [1.807, 2.05) is 17.8 Å². The summed E-state index contributed by atoms with van der Waals surface area (Å²) in [6.07, 6.45) is 5.18. The molecule has 0 rings (SSSR count). The SMILES string of the molecule is C=CCCSC.[Br][Pt][Br]. The Balaban J connectivity index is 0. The number of hydrogen-bond acceptors (Lipinski definition) is 1. The van der Waals surface area contributed by atoms with Gasteiger partial charge in [-0.05, 0) is 18.4 Å². The molecule has 0 aromatic rings. The van der Waals surface area contributed by atoms with Crippen LogP contribution in [0.15, 0.2) is 12.7 Å². The first-order valence-corrected chi connectivity index (χ1v) is 13.6. The Morgan fingerprint density at radius 2 is 2.11 bits per heavy atom. The molecule has 0 heterocycles. The molecule has 0 spiro atoms. The predicted molar refractivity (Wildman–Crippen MR) is 51.1 cm³/mol. The van der Waals surface area contributed by atoms with E-state index in [4.69, 9.17) is 0 Å². The van der Waals surface area contributed by atoms with Crippen LogP contribution in [0.5, 0.6) is 0 Å². The average molecular weight is 457 g/mol. The van der Waals surface area contributed by atoms with Crippen LogP contribution in [0.2, 0.25) is 0 Å². The zero-order valence-electron chi connectivity index (χ0n) is 5.18. The van der Waals surface area contributed by atoms with E-state index in [0.717, 1.165) is 6.42 Å². The predicted octanol–water partition coefficient (Wildman–Crippen LogP) is 3.61. The zero-order chi connectivity index (χ0) is 7.54. The number of hydrogen-bond donors (Lipinski definition) is 0. The second-order valence-corrected chi connectivity index (χ2v) is 12.0. The van der Waals surface area contributed by atoms with E-state index in [1.54, 1.807) is 0 Å². The van der Waals surface area contributed by atoms with Crippen LogP contribution in [0.25, 0.3) is 0 Å². The van der Waals surface area contributed by atoms with Crippen LogP contribution in [0.4, 0.5) is 0 Å². The maximum absolute atomic E-state index is 3.58. The van der Waals surface area contributed by atoms with Crippen molar-refractivity contribution in [1.82, 2.24) is 0 Å². The topological polar surface area (TPSA) is 0 Å². The number of thioether (sulfide) groups is 1. The van der Waals surface area contributed by atoms with Gasteiger partial charge in [-0.25, -0.2) is 0 Å². The molecular formula is C5H10Br2PtS. The molecule has 0 atom stereocenters. The first-order valence-electron chi connectivity index (χ1n) is 2.25.